The monoisotopic (exact) mass is 373 g/mol. The lowest BCUT2D eigenvalue weighted by atomic mass is 10.0. The average Bonchev–Trinajstić information content (AvgIpc) is 2.54. The van der Waals surface area contributed by atoms with Crippen LogP contribution in [0.2, 0.25) is 5.02 Å². The van der Waals surface area contributed by atoms with Gasteiger partial charge in [-0.1, -0.05) is 41.4 Å². The molecular formula is C20H24ClN3O2. The Hall–Kier alpha value is -2.53. The summed E-state index contributed by atoms with van der Waals surface area (Å²) in [6.45, 7) is 3.44. The van der Waals surface area contributed by atoms with Gasteiger partial charge >= 0.3 is 0 Å². The summed E-state index contributed by atoms with van der Waals surface area (Å²) in [5, 5.41) is 6.29. The van der Waals surface area contributed by atoms with Gasteiger partial charge in [-0.2, -0.15) is 0 Å². The van der Waals surface area contributed by atoms with E-state index in [0.29, 0.717) is 10.7 Å². The summed E-state index contributed by atoms with van der Waals surface area (Å²) >= 11 is 6.06. The van der Waals surface area contributed by atoms with Crippen LogP contribution in [0, 0.1) is 6.92 Å². The Morgan fingerprint density at radius 2 is 1.77 bits per heavy atom. The molecule has 1 unspecified atom stereocenters. The van der Waals surface area contributed by atoms with E-state index in [0.717, 1.165) is 16.8 Å². The minimum atomic E-state index is -0.393. The first kappa shape index (κ1) is 19.8. The SMILES string of the molecule is CC(=O)NC(CC(=O)Nc1cc(Cl)ccc1N(C)C)c1ccc(C)cc1. The van der Waals surface area contributed by atoms with Gasteiger partial charge in [-0.25, -0.2) is 0 Å². The Labute approximate surface area is 159 Å². The molecule has 6 heteroatoms. The average molecular weight is 374 g/mol. The molecule has 2 aromatic carbocycles. The summed E-state index contributed by atoms with van der Waals surface area (Å²) in [6, 6.07) is 12.7. The summed E-state index contributed by atoms with van der Waals surface area (Å²) in [5.41, 5.74) is 3.50. The van der Waals surface area contributed by atoms with Crippen LogP contribution in [0.25, 0.3) is 0 Å². The summed E-state index contributed by atoms with van der Waals surface area (Å²) < 4.78 is 0. The molecule has 0 aromatic heterocycles. The van der Waals surface area contributed by atoms with Gasteiger partial charge in [-0.15, -0.1) is 0 Å². The fourth-order valence-corrected chi connectivity index (χ4v) is 2.85. The van der Waals surface area contributed by atoms with Crippen molar-refractivity contribution >= 4 is 34.8 Å². The van der Waals surface area contributed by atoms with E-state index in [1.54, 1.807) is 12.1 Å². The van der Waals surface area contributed by atoms with Gasteiger partial charge in [0.15, 0.2) is 0 Å². The van der Waals surface area contributed by atoms with Gasteiger partial charge in [0.2, 0.25) is 11.8 Å². The number of hydrogen-bond donors (Lipinski definition) is 2. The number of halogens is 1. The molecule has 2 aromatic rings. The van der Waals surface area contributed by atoms with Crippen molar-refractivity contribution in [2.75, 3.05) is 24.3 Å². The number of anilines is 2. The van der Waals surface area contributed by atoms with Gasteiger partial charge in [0, 0.05) is 26.0 Å². The Bertz CT molecular complexity index is 788. The van der Waals surface area contributed by atoms with Crippen molar-refractivity contribution in [1.29, 1.82) is 0 Å². The lowest BCUT2D eigenvalue weighted by Crippen LogP contribution is -2.30. The topological polar surface area (TPSA) is 61.4 Å². The second-order valence-corrected chi connectivity index (χ2v) is 6.91. The molecule has 2 rings (SSSR count). The van der Waals surface area contributed by atoms with Crippen molar-refractivity contribution in [3.05, 3.63) is 58.6 Å². The first-order valence-corrected chi connectivity index (χ1v) is 8.74. The molecule has 0 aliphatic carbocycles. The number of nitrogens with zero attached hydrogens (tertiary/aromatic N) is 1. The van der Waals surface area contributed by atoms with Gasteiger partial charge < -0.3 is 15.5 Å². The van der Waals surface area contributed by atoms with Gasteiger partial charge in [-0.3, -0.25) is 9.59 Å². The zero-order valence-electron chi connectivity index (χ0n) is 15.5. The molecule has 0 fully saturated rings. The van der Waals surface area contributed by atoms with Crippen LogP contribution in [-0.4, -0.2) is 25.9 Å². The third-order valence-electron chi connectivity index (χ3n) is 3.96. The molecule has 0 bridgehead atoms. The minimum Gasteiger partial charge on any atom is -0.376 e. The summed E-state index contributed by atoms with van der Waals surface area (Å²) in [7, 11) is 3.79. The van der Waals surface area contributed by atoms with E-state index in [1.807, 2.05) is 56.3 Å². The first-order chi connectivity index (χ1) is 12.3. The summed E-state index contributed by atoms with van der Waals surface area (Å²) in [5.74, 6) is -0.380. The van der Waals surface area contributed by atoms with Crippen LogP contribution in [0.1, 0.15) is 30.5 Å². The van der Waals surface area contributed by atoms with Crippen LogP contribution in [0.4, 0.5) is 11.4 Å². The van der Waals surface area contributed by atoms with E-state index in [4.69, 9.17) is 11.6 Å². The Kier molecular flexibility index (Phi) is 6.64. The fourth-order valence-electron chi connectivity index (χ4n) is 2.68. The van der Waals surface area contributed by atoms with E-state index in [9.17, 15) is 9.59 Å². The molecule has 5 nitrogen and oxygen atoms in total. The molecule has 0 heterocycles. The van der Waals surface area contributed by atoms with Crippen LogP contribution >= 0.6 is 11.6 Å². The van der Waals surface area contributed by atoms with Crippen molar-refractivity contribution in [3.63, 3.8) is 0 Å². The molecule has 0 aliphatic rings. The number of carbonyl (C=O) groups is 2. The molecule has 26 heavy (non-hydrogen) atoms. The highest BCUT2D eigenvalue weighted by molar-refractivity contribution is 6.31. The van der Waals surface area contributed by atoms with E-state index < -0.39 is 6.04 Å². The molecule has 0 spiro atoms. The molecule has 2 amide bonds. The molecule has 0 saturated heterocycles. The normalized spacial score (nSPS) is 11.6. The molecule has 0 aliphatic heterocycles. The Balaban J connectivity index is 2.18. The fraction of sp³-hybridized carbons (Fsp3) is 0.300. The molecule has 138 valence electrons. The quantitative estimate of drug-likeness (QED) is 0.806. The number of carbonyl (C=O) groups excluding carboxylic acids is 2. The highest BCUT2D eigenvalue weighted by Crippen LogP contribution is 2.28. The maximum atomic E-state index is 12.6. The number of benzene rings is 2. The van der Waals surface area contributed by atoms with Crippen LogP contribution in [0.5, 0.6) is 0 Å². The maximum absolute atomic E-state index is 12.6. The Morgan fingerprint density at radius 1 is 1.12 bits per heavy atom. The predicted octanol–water partition coefficient (Wildman–Crippen LogP) is 3.92. The summed E-state index contributed by atoms with van der Waals surface area (Å²) in [6.07, 6.45) is 0.127. The number of amides is 2. The summed E-state index contributed by atoms with van der Waals surface area (Å²) in [4.78, 5) is 26.1. The maximum Gasteiger partial charge on any atom is 0.226 e. The van der Waals surface area contributed by atoms with Crippen LogP contribution in [0.15, 0.2) is 42.5 Å². The van der Waals surface area contributed by atoms with Gasteiger partial charge in [0.1, 0.15) is 0 Å². The van der Waals surface area contributed by atoms with E-state index in [2.05, 4.69) is 10.6 Å². The first-order valence-electron chi connectivity index (χ1n) is 8.36. The van der Waals surface area contributed by atoms with Gasteiger partial charge in [0.25, 0.3) is 0 Å². The third-order valence-corrected chi connectivity index (χ3v) is 4.20. The van der Waals surface area contributed by atoms with Crippen molar-refractivity contribution in [1.82, 2.24) is 5.32 Å². The molecule has 0 saturated carbocycles. The second-order valence-electron chi connectivity index (χ2n) is 6.47. The van der Waals surface area contributed by atoms with Crippen molar-refractivity contribution in [2.45, 2.75) is 26.3 Å². The molecule has 0 radical (unpaired) electrons. The van der Waals surface area contributed by atoms with Crippen LogP contribution < -0.4 is 15.5 Å². The van der Waals surface area contributed by atoms with Crippen LogP contribution in [-0.2, 0) is 9.59 Å². The van der Waals surface area contributed by atoms with Crippen LogP contribution in [0.3, 0.4) is 0 Å². The smallest absolute Gasteiger partial charge is 0.226 e. The number of hydrogen-bond acceptors (Lipinski definition) is 3. The van der Waals surface area contributed by atoms with Crippen molar-refractivity contribution in [3.8, 4) is 0 Å². The highest BCUT2D eigenvalue weighted by Gasteiger charge is 2.18. The molecule has 2 N–H and O–H groups in total. The molecule has 1 atom stereocenters. The van der Waals surface area contributed by atoms with E-state index in [-0.39, 0.29) is 18.2 Å². The standard InChI is InChI=1S/C20H24ClN3O2/c1-13-5-7-15(8-6-13)17(22-14(2)25)12-20(26)23-18-11-16(21)9-10-19(18)24(3)4/h5-11,17H,12H2,1-4H3,(H,22,25)(H,23,26). The third kappa shape index (κ3) is 5.49. The minimum absolute atomic E-state index is 0.127. The number of aryl methyl sites for hydroxylation is 1. The van der Waals surface area contributed by atoms with E-state index >= 15 is 0 Å². The number of nitrogens with one attached hydrogen (secondary N) is 2. The van der Waals surface area contributed by atoms with Crippen molar-refractivity contribution in [2.24, 2.45) is 0 Å². The lowest BCUT2D eigenvalue weighted by Gasteiger charge is -2.21. The second kappa shape index (κ2) is 8.72. The zero-order chi connectivity index (χ0) is 19.3. The van der Waals surface area contributed by atoms with E-state index in [1.165, 1.54) is 6.92 Å². The highest BCUT2D eigenvalue weighted by atomic mass is 35.5. The molecular weight excluding hydrogens is 350 g/mol. The zero-order valence-corrected chi connectivity index (χ0v) is 16.2. The largest absolute Gasteiger partial charge is 0.376 e. The lowest BCUT2D eigenvalue weighted by molar-refractivity contribution is -0.120. The number of rotatable bonds is 6. The van der Waals surface area contributed by atoms with Gasteiger partial charge in [0.05, 0.1) is 23.8 Å². The van der Waals surface area contributed by atoms with Crippen molar-refractivity contribution < 1.29 is 9.59 Å². The predicted molar refractivity (Wildman–Crippen MR) is 107 cm³/mol. The Morgan fingerprint density at radius 3 is 2.35 bits per heavy atom. The van der Waals surface area contributed by atoms with Gasteiger partial charge in [-0.05, 0) is 30.7 Å².